The predicted molar refractivity (Wildman–Crippen MR) is 77.7 cm³/mol. The van der Waals surface area contributed by atoms with Crippen LogP contribution in [0.15, 0.2) is 0 Å². The van der Waals surface area contributed by atoms with E-state index >= 15 is 0 Å². The topological polar surface area (TPSA) is 135 Å². The Morgan fingerprint density at radius 2 is 2.00 bits per heavy atom. The van der Waals surface area contributed by atoms with Gasteiger partial charge in [0.05, 0.1) is 0 Å². The molecule has 0 bridgehead atoms. The third kappa shape index (κ3) is 3.73. The summed E-state index contributed by atoms with van der Waals surface area (Å²) in [6.45, 7) is 0.553. The number of carbonyl (C=O) groups excluding carboxylic acids is 2. The van der Waals surface area contributed by atoms with Crippen molar-refractivity contribution in [3.8, 4) is 0 Å². The summed E-state index contributed by atoms with van der Waals surface area (Å²) >= 11 is 1.24. The van der Waals surface area contributed by atoms with Gasteiger partial charge < -0.3 is 27.4 Å². The first-order chi connectivity index (χ1) is 9.56. The minimum absolute atomic E-state index is 0.220. The fourth-order valence-corrected chi connectivity index (χ4v) is 2.60. The van der Waals surface area contributed by atoms with Crippen LogP contribution in [-0.2, 0) is 0 Å². The molecule has 7 N–H and O–H groups in total. The quantitative estimate of drug-likeness (QED) is 0.474. The van der Waals surface area contributed by atoms with Gasteiger partial charge >= 0.3 is 6.03 Å². The molecule has 1 fully saturated rings. The van der Waals surface area contributed by atoms with Gasteiger partial charge in [0.15, 0.2) is 5.13 Å². The third-order valence-electron chi connectivity index (χ3n) is 3.00. The minimum atomic E-state index is -0.622. The molecular formula is C11H18N6O2S. The molecule has 20 heavy (non-hydrogen) atoms. The normalized spacial score (nSPS) is 14.4. The van der Waals surface area contributed by atoms with Crippen molar-refractivity contribution in [1.82, 2.24) is 15.6 Å². The Labute approximate surface area is 120 Å². The molecule has 110 valence electrons. The van der Waals surface area contributed by atoms with Gasteiger partial charge in [-0.25, -0.2) is 9.78 Å². The van der Waals surface area contributed by atoms with Gasteiger partial charge in [-0.2, -0.15) is 0 Å². The molecule has 1 aromatic heterocycles. The van der Waals surface area contributed by atoms with Gasteiger partial charge in [0.25, 0.3) is 5.91 Å². The number of hydrogen-bond donors (Lipinski definition) is 5. The highest BCUT2D eigenvalue weighted by Gasteiger charge is 2.21. The number of nitrogens with one attached hydrogen (secondary N) is 3. The molecule has 1 aliphatic carbocycles. The van der Waals surface area contributed by atoms with E-state index in [0.29, 0.717) is 16.1 Å². The molecule has 0 spiro atoms. The number of carbonyl (C=O) groups is 2. The lowest BCUT2D eigenvalue weighted by Gasteiger charge is -2.25. The van der Waals surface area contributed by atoms with Gasteiger partial charge in [0.1, 0.15) is 10.7 Å². The van der Waals surface area contributed by atoms with Gasteiger partial charge in [-0.15, -0.1) is 0 Å². The number of aromatic nitrogens is 1. The molecule has 9 heteroatoms. The van der Waals surface area contributed by atoms with Gasteiger partial charge in [0, 0.05) is 19.1 Å². The molecule has 8 nitrogen and oxygen atoms in total. The number of rotatable bonds is 6. The van der Waals surface area contributed by atoms with E-state index in [1.165, 1.54) is 17.8 Å². The van der Waals surface area contributed by atoms with Crippen LogP contribution in [0.3, 0.4) is 0 Å². The Kier molecular flexibility index (Phi) is 4.61. The molecule has 1 aromatic rings. The van der Waals surface area contributed by atoms with Crippen molar-refractivity contribution in [3.63, 3.8) is 0 Å². The van der Waals surface area contributed by atoms with Crippen LogP contribution in [0.4, 0.5) is 15.7 Å². The maximum atomic E-state index is 11.9. The number of thiazole rings is 1. The number of nitrogen functional groups attached to an aromatic ring is 1. The van der Waals surface area contributed by atoms with Crippen LogP contribution in [0.25, 0.3) is 0 Å². The van der Waals surface area contributed by atoms with Crippen LogP contribution in [0, 0.1) is 0 Å². The average molecular weight is 298 g/mol. The summed E-state index contributed by atoms with van der Waals surface area (Å²) in [5, 5.41) is 8.95. The second-order valence-corrected chi connectivity index (χ2v) is 5.55. The predicted octanol–water partition coefficient (Wildman–Crippen LogP) is 0.0878. The van der Waals surface area contributed by atoms with Crippen molar-refractivity contribution < 1.29 is 9.59 Å². The van der Waals surface area contributed by atoms with E-state index in [9.17, 15) is 9.59 Å². The van der Waals surface area contributed by atoms with Crippen molar-refractivity contribution in [2.45, 2.75) is 25.3 Å². The number of nitrogens with two attached hydrogens (primary N) is 2. The highest BCUT2D eigenvalue weighted by atomic mass is 32.1. The van der Waals surface area contributed by atoms with Crippen LogP contribution in [0.5, 0.6) is 0 Å². The van der Waals surface area contributed by atoms with Gasteiger partial charge in [-0.1, -0.05) is 11.3 Å². The lowest BCUT2D eigenvalue weighted by Crippen LogP contribution is -2.37. The van der Waals surface area contributed by atoms with Gasteiger partial charge in [-0.3, -0.25) is 4.79 Å². The van der Waals surface area contributed by atoms with E-state index in [0.717, 1.165) is 12.8 Å². The Morgan fingerprint density at radius 3 is 2.60 bits per heavy atom. The SMILES string of the molecule is NC(=O)NCCNC(=O)c1sc(NC2CCC2)nc1N. The van der Waals surface area contributed by atoms with Crippen molar-refractivity contribution in [2.24, 2.45) is 5.73 Å². The van der Waals surface area contributed by atoms with Crippen molar-refractivity contribution in [1.29, 1.82) is 0 Å². The summed E-state index contributed by atoms with van der Waals surface area (Å²) in [6, 6.07) is -0.181. The molecule has 1 aliphatic rings. The van der Waals surface area contributed by atoms with Crippen LogP contribution in [0.2, 0.25) is 0 Å². The zero-order valence-corrected chi connectivity index (χ0v) is 11.8. The second kappa shape index (κ2) is 6.42. The fraction of sp³-hybridized carbons (Fsp3) is 0.545. The van der Waals surface area contributed by atoms with Crippen molar-refractivity contribution in [2.75, 3.05) is 24.1 Å². The number of hydrogen-bond acceptors (Lipinski definition) is 6. The maximum absolute atomic E-state index is 11.9. The molecule has 0 saturated heterocycles. The van der Waals surface area contributed by atoms with E-state index in [4.69, 9.17) is 11.5 Å². The first-order valence-corrected chi connectivity index (χ1v) is 7.22. The molecule has 3 amide bonds. The summed E-state index contributed by atoms with van der Waals surface area (Å²) in [7, 11) is 0. The monoisotopic (exact) mass is 298 g/mol. The number of urea groups is 1. The van der Waals surface area contributed by atoms with E-state index in [-0.39, 0.29) is 24.8 Å². The summed E-state index contributed by atoms with van der Waals surface area (Å²) < 4.78 is 0. The molecule has 0 atom stereocenters. The zero-order valence-electron chi connectivity index (χ0n) is 10.9. The molecular weight excluding hydrogens is 280 g/mol. The number of primary amides is 1. The maximum Gasteiger partial charge on any atom is 0.312 e. The molecule has 0 aromatic carbocycles. The Bertz CT molecular complexity index is 499. The standard InChI is InChI=1S/C11H18N6O2S/c12-8-7(9(18)14-4-5-15-10(13)19)20-11(17-8)16-6-2-1-3-6/h6H,1-5,12H2,(H,14,18)(H,16,17)(H3,13,15,19). The zero-order chi connectivity index (χ0) is 14.5. The largest absolute Gasteiger partial charge is 0.382 e. The Hall–Kier alpha value is -2.03. The Balaban J connectivity index is 1.83. The molecule has 0 radical (unpaired) electrons. The first-order valence-electron chi connectivity index (χ1n) is 6.40. The average Bonchev–Trinajstić information content (AvgIpc) is 2.70. The first kappa shape index (κ1) is 14.4. The van der Waals surface area contributed by atoms with Crippen LogP contribution < -0.4 is 27.4 Å². The fourth-order valence-electron chi connectivity index (χ4n) is 1.73. The van der Waals surface area contributed by atoms with Gasteiger partial charge in [0.2, 0.25) is 0 Å². The second-order valence-electron chi connectivity index (χ2n) is 4.55. The number of amides is 3. The van der Waals surface area contributed by atoms with E-state index in [1.54, 1.807) is 0 Å². The van der Waals surface area contributed by atoms with Crippen molar-refractivity contribution in [3.05, 3.63) is 4.88 Å². The van der Waals surface area contributed by atoms with E-state index in [2.05, 4.69) is 20.9 Å². The van der Waals surface area contributed by atoms with Crippen LogP contribution >= 0.6 is 11.3 Å². The molecule has 1 heterocycles. The van der Waals surface area contributed by atoms with E-state index < -0.39 is 6.03 Å². The van der Waals surface area contributed by atoms with E-state index in [1.807, 2.05) is 0 Å². The summed E-state index contributed by atoms with van der Waals surface area (Å²) in [4.78, 5) is 26.9. The molecule has 2 rings (SSSR count). The van der Waals surface area contributed by atoms with Gasteiger partial charge in [-0.05, 0) is 19.3 Å². The highest BCUT2D eigenvalue weighted by molar-refractivity contribution is 7.18. The number of nitrogens with zero attached hydrogens (tertiary/aromatic N) is 1. The van der Waals surface area contributed by atoms with Crippen LogP contribution in [0.1, 0.15) is 28.9 Å². The van der Waals surface area contributed by atoms with Crippen LogP contribution in [-0.4, -0.2) is 36.1 Å². The highest BCUT2D eigenvalue weighted by Crippen LogP contribution is 2.29. The lowest BCUT2D eigenvalue weighted by molar-refractivity contribution is 0.0958. The smallest absolute Gasteiger partial charge is 0.312 e. The molecule has 1 saturated carbocycles. The third-order valence-corrected chi connectivity index (χ3v) is 4.00. The number of anilines is 2. The lowest BCUT2D eigenvalue weighted by atomic mass is 9.93. The summed E-state index contributed by atoms with van der Waals surface area (Å²) in [6.07, 6.45) is 3.47. The minimum Gasteiger partial charge on any atom is -0.382 e. The Morgan fingerprint density at radius 1 is 1.30 bits per heavy atom. The summed E-state index contributed by atoms with van der Waals surface area (Å²) in [5.41, 5.74) is 10.7. The molecule has 0 unspecified atom stereocenters. The van der Waals surface area contributed by atoms with Crippen molar-refractivity contribution >= 4 is 34.2 Å². The molecule has 0 aliphatic heterocycles. The summed E-state index contributed by atoms with van der Waals surface area (Å²) in [5.74, 6) is -0.0786.